The van der Waals surface area contributed by atoms with E-state index in [2.05, 4.69) is 25.0 Å². The van der Waals surface area contributed by atoms with Gasteiger partial charge in [0.2, 0.25) is 0 Å². The van der Waals surface area contributed by atoms with E-state index in [1.165, 1.54) is 18.2 Å². The van der Waals surface area contributed by atoms with Crippen LogP contribution in [0.5, 0.6) is 5.75 Å². The summed E-state index contributed by atoms with van der Waals surface area (Å²) in [5.74, 6) is -0.595. The summed E-state index contributed by atoms with van der Waals surface area (Å²) in [6.07, 6.45) is 0.416. The average molecular weight is 471 g/mol. The molecule has 0 saturated carbocycles. The number of fused-ring (bicyclic) bond motifs is 3. The highest BCUT2D eigenvalue weighted by atomic mass is 35.5. The lowest BCUT2D eigenvalue weighted by molar-refractivity contribution is 0.0745. The lowest BCUT2D eigenvalue weighted by Crippen LogP contribution is -2.26. The molecule has 0 bridgehead atoms. The van der Waals surface area contributed by atoms with Crippen molar-refractivity contribution >= 4 is 23.2 Å². The van der Waals surface area contributed by atoms with Crippen molar-refractivity contribution in [3.8, 4) is 5.75 Å². The van der Waals surface area contributed by atoms with Crippen molar-refractivity contribution in [2.45, 2.75) is 40.3 Å². The Morgan fingerprint density at radius 2 is 2.03 bits per heavy atom. The third-order valence-corrected chi connectivity index (χ3v) is 6.31. The summed E-state index contributed by atoms with van der Waals surface area (Å²) in [6.45, 7) is 6.34. The van der Waals surface area contributed by atoms with E-state index in [4.69, 9.17) is 16.3 Å². The number of carbonyl (C=O) groups excluding carboxylic acids is 1. The Labute approximate surface area is 193 Å². The van der Waals surface area contributed by atoms with Gasteiger partial charge >= 0.3 is 0 Å². The van der Waals surface area contributed by atoms with E-state index >= 15 is 0 Å². The summed E-state index contributed by atoms with van der Waals surface area (Å²) in [5, 5.41) is 12.7. The summed E-state index contributed by atoms with van der Waals surface area (Å²) < 4.78 is 26.1. The molecular weight excluding hydrogens is 451 g/mol. The lowest BCUT2D eigenvalue weighted by atomic mass is 10.1. The van der Waals surface area contributed by atoms with Gasteiger partial charge in [-0.2, -0.15) is 5.10 Å². The number of benzene rings is 1. The maximum absolute atomic E-state index is 13.9. The minimum atomic E-state index is -0.491. The Bertz CT molecular complexity index is 1400. The number of aromatic nitrogens is 5. The molecule has 0 saturated heterocycles. The first kappa shape index (κ1) is 21.3. The minimum absolute atomic E-state index is 0.171. The number of ether oxygens (including phenoxy) is 1. The highest BCUT2D eigenvalue weighted by molar-refractivity contribution is 6.31. The molecule has 4 aromatic rings. The number of rotatable bonds is 5. The zero-order valence-electron chi connectivity index (χ0n) is 18.2. The predicted octanol–water partition coefficient (Wildman–Crippen LogP) is 3.61. The van der Waals surface area contributed by atoms with Gasteiger partial charge in [-0.1, -0.05) is 21.9 Å². The molecule has 170 valence electrons. The van der Waals surface area contributed by atoms with Gasteiger partial charge in [-0.15, -0.1) is 0 Å². The van der Waals surface area contributed by atoms with Gasteiger partial charge in [-0.3, -0.25) is 4.79 Å². The van der Waals surface area contributed by atoms with Crippen molar-refractivity contribution in [1.82, 2.24) is 29.8 Å². The van der Waals surface area contributed by atoms with Crippen LogP contribution in [0, 0.1) is 26.6 Å². The molecule has 0 aliphatic carbocycles. The molecule has 1 amide bonds. The van der Waals surface area contributed by atoms with Crippen molar-refractivity contribution in [2.24, 2.45) is 0 Å². The summed E-state index contributed by atoms with van der Waals surface area (Å²) in [7, 11) is 0. The number of amides is 1. The SMILES string of the molecule is Cc1nonc1CCOc1cc(F)ccc1C(=O)N1Cc2nn3c(C)c(Cl)c(C)nc3c2C1. The molecule has 9 nitrogen and oxygen atoms in total. The average Bonchev–Trinajstić information content (AvgIpc) is 3.47. The molecule has 0 atom stereocenters. The number of aryl methyl sites for hydroxylation is 3. The van der Waals surface area contributed by atoms with Gasteiger partial charge in [-0.05, 0) is 32.9 Å². The Morgan fingerprint density at radius 3 is 2.79 bits per heavy atom. The fraction of sp³-hybridized carbons (Fsp3) is 0.318. The molecular formula is C22H20ClFN6O3. The second kappa shape index (κ2) is 8.11. The highest BCUT2D eigenvalue weighted by Crippen LogP contribution is 2.31. The molecule has 0 radical (unpaired) electrons. The van der Waals surface area contributed by atoms with Crippen molar-refractivity contribution in [3.05, 3.63) is 68.6 Å². The molecule has 0 fully saturated rings. The maximum Gasteiger partial charge on any atom is 0.258 e. The fourth-order valence-electron chi connectivity index (χ4n) is 3.95. The maximum atomic E-state index is 13.9. The van der Waals surface area contributed by atoms with Crippen LogP contribution in [0.3, 0.4) is 0 Å². The lowest BCUT2D eigenvalue weighted by Gasteiger charge is -2.18. The van der Waals surface area contributed by atoms with Crippen LogP contribution < -0.4 is 4.74 Å². The van der Waals surface area contributed by atoms with Crippen LogP contribution >= 0.6 is 11.6 Å². The standard InChI is InChI=1S/C22H20ClFN6O3/c1-11-17(28-33-27-11)6-7-32-19-8-14(24)4-5-15(19)22(31)29-9-16-18(10-29)26-30-13(3)20(23)12(2)25-21(16)30/h4-5,8H,6-7,9-10H2,1-3H3. The Balaban J connectivity index is 1.37. The normalized spacial score (nSPS) is 13.1. The van der Waals surface area contributed by atoms with Crippen LogP contribution in [0.25, 0.3) is 5.65 Å². The highest BCUT2D eigenvalue weighted by Gasteiger charge is 2.31. The molecule has 11 heteroatoms. The number of hydrogen-bond acceptors (Lipinski definition) is 7. The van der Waals surface area contributed by atoms with Gasteiger partial charge in [0.05, 0.1) is 47.4 Å². The first-order chi connectivity index (χ1) is 15.8. The summed E-state index contributed by atoms with van der Waals surface area (Å²) in [6, 6.07) is 3.89. The molecule has 3 aromatic heterocycles. The molecule has 0 unspecified atom stereocenters. The molecule has 5 rings (SSSR count). The monoisotopic (exact) mass is 470 g/mol. The van der Waals surface area contributed by atoms with Gasteiger partial charge in [0.15, 0.2) is 5.65 Å². The largest absolute Gasteiger partial charge is 0.492 e. The second-order valence-corrected chi connectivity index (χ2v) is 8.33. The zero-order chi connectivity index (χ0) is 23.3. The molecule has 0 spiro atoms. The summed E-state index contributed by atoms with van der Waals surface area (Å²) >= 11 is 6.31. The number of nitrogens with zero attached hydrogens (tertiary/aromatic N) is 6. The third-order valence-electron chi connectivity index (χ3n) is 5.76. The van der Waals surface area contributed by atoms with Gasteiger partial charge in [0, 0.05) is 18.1 Å². The van der Waals surface area contributed by atoms with Crippen LogP contribution in [0.4, 0.5) is 4.39 Å². The van der Waals surface area contributed by atoms with E-state index in [-0.39, 0.29) is 23.8 Å². The van der Waals surface area contributed by atoms with Crippen molar-refractivity contribution < 1.29 is 18.6 Å². The van der Waals surface area contributed by atoms with Gasteiger partial charge in [0.1, 0.15) is 23.0 Å². The zero-order valence-corrected chi connectivity index (χ0v) is 19.0. The van der Waals surface area contributed by atoms with Crippen molar-refractivity contribution in [3.63, 3.8) is 0 Å². The third kappa shape index (κ3) is 3.70. The van der Waals surface area contributed by atoms with Crippen LogP contribution in [0.1, 0.15) is 44.4 Å². The molecule has 1 aromatic carbocycles. The van der Waals surface area contributed by atoms with Crippen LogP contribution in [0.15, 0.2) is 22.8 Å². The quantitative estimate of drug-likeness (QED) is 0.439. The Kier molecular flexibility index (Phi) is 5.24. The first-order valence-corrected chi connectivity index (χ1v) is 10.7. The fourth-order valence-corrected chi connectivity index (χ4v) is 4.08. The minimum Gasteiger partial charge on any atom is -0.492 e. The predicted molar refractivity (Wildman–Crippen MR) is 116 cm³/mol. The van der Waals surface area contributed by atoms with Crippen molar-refractivity contribution in [2.75, 3.05) is 6.61 Å². The van der Waals surface area contributed by atoms with Gasteiger partial charge in [0.25, 0.3) is 5.91 Å². The molecule has 1 aliphatic heterocycles. The van der Waals surface area contributed by atoms with Crippen LogP contribution in [-0.2, 0) is 19.5 Å². The molecule has 1 aliphatic rings. The van der Waals surface area contributed by atoms with Crippen LogP contribution in [-0.4, -0.2) is 42.3 Å². The topological polar surface area (TPSA) is 98.6 Å². The van der Waals surface area contributed by atoms with Gasteiger partial charge in [-0.25, -0.2) is 18.5 Å². The number of halogens is 2. The van der Waals surface area contributed by atoms with E-state index < -0.39 is 5.82 Å². The Hall–Kier alpha value is -3.53. The molecule has 4 heterocycles. The summed E-state index contributed by atoms with van der Waals surface area (Å²) in [4.78, 5) is 19.5. The smallest absolute Gasteiger partial charge is 0.258 e. The first-order valence-electron chi connectivity index (χ1n) is 10.4. The summed E-state index contributed by atoms with van der Waals surface area (Å²) in [5.41, 5.74) is 5.43. The molecule has 0 N–H and O–H groups in total. The van der Waals surface area contributed by atoms with E-state index in [9.17, 15) is 9.18 Å². The van der Waals surface area contributed by atoms with Crippen molar-refractivity contribution in [1.29, 1.82) is 0 Å². The van der Waals surface area contributed by atoms with E-state index in [1.54, 1.807) is 16.3 Å². The number of hydrogen-bond donors (Lipinski definition) is 0. The van der Waals surface area contributed by atoms with E-state index in [1.807, 2.05) is 13.8 Å². The number of carbonyl (C=O) groups is 1. The van der Waals surface area contributed by atoms with E-state index in [0.717, 1.165) is 17.0 Å². The molecule has 33 heavy (non-hydrogen) atoms. The van der Waals surface area contributed by atoms with E-state index in [0.29, 0.717) is 47.3 Å². The van der Waals surface area contributed by atoms with Crippen LogP contribution in [0.2, 0.25) is 5.02 Å². The Morgan fingerprint density at radius 1 is 1.21 bits per heavy atom. The van der Waals surface area contributed by atoms with Gasteiger partial charge < -0.3 is 9.64 Å². The second-order valence-electron chi connectivity index (χ2n) is 7.95.